The fourth-order valence-corrected chi connectivity index (χ4v) is 3.49. The van der Waals surface area contributed by atoms with E-state index in [1.807, 2.05) is 23.9 Å². The van der Waals surface area contributed by atoms with E-state index in [1.54, 1.807) is 6.20 Å². The van der Waals surface area contributed by atoms with Crippen LogP contribution < -0.4 is 11.1 Å². The van der Waals surface area contributed by atoms with E-state index in [0.29, 0.717) is 6.04 Å². The Morgan fingerprint density at radius 3 is 2.89 bits per heavy atom. The van der Waals surface area contributed by atoms with Gasteiger partial charge in [0, 0.05) is 23.3 Å². The molecule has 0 amide bonds. The zero-order valence-electron chi connectivity index (χ0n) is 10.2. The number of thioether (sulfide) groups is 1. The van der Waals surface area contributed by atoms with Crippen LogP contribution in [0.5, 0.6) is 0 Å². The van der Waals surface area contributed by atoms with Gasteiger partial charge in [-0.05, 0) is 48.6 Å². The van der Waals surface area contributed by atoms with Crippen molar-refractivity contribution >= 4 is 34.0 Å². The average molecular weight is 259 g/mol. The largest absolute Gasteiger partial charge is 0.397 e. The van der Waals surface area contributed by atoms with Crippen LogP contribution in [0, 0.1) is 0 Å². The summed E-state index contributed by atoms with van der Waals surface area (Å²) in [6, 6.07) is 8.64. The van der Waals surface area contributed by atoms with Gasteiger partial charge in [0.1, 0.15) is 0 Å². The minimum absolute atomic E-state index is 0.582. The Balaban J connectivity index is 1.94. The van der Waals surface area contributed by atoms with Crippen LogP contribution in [-0.2, 0) is 0 Å². The third kappa shape index (κ3) is 2.25. The predicted octanol–water partition coefficient (Wildman–Crippen LogP) is 3.12. The lowest BCUT2D eigenvalue weighted by Crippen LogP contribution is -2.24. The van der Waals surface area contributed by atoms with E-state index in [1.165, 1.54) is 24.3 Å². The van der Waals surface area contributed by atoms with Crippen LogP contribution in [0.3, 0.4) is 0 Å². The molecule has 1 aliphatic rings. The first-order chi connectivity index (χ1) is 8.84. The van der Waals surface area contributed by atoms with E-state index >= 15 is 0 Å². The molecule has 3 nitrogen and oxygen atoms in total. The van der Waals surface area contributed by atoms with Gasteiger partial charge in [-0.3, -0.25) is 4.98 Å². The first-order valence-electron chi connectivity index (χ1n) is 6.32. The van der Waals surface area contributed by atoms with Crippen LogP contribution in [-0.4, -0.2) is 22.5 Å². The van der Waals surface area contributed by atoms with E-state index in [-0.39, 0.29) is 0 Å². The molecule has 18 heavy (non-hydrogen) atoms. The number of anilines is 2. The Morgan fingerprint density at radius 2 is 2.06 bits per heavy atom. The number of nitrogens with zero attached hydrogens (tertiary/aromatic N) is 1. The van der Waals surface area contributed by atoms with Gasteiger partial charge < -0.3 is 11.1 Å². The molecule has 1 aliphatic heterocycles. The smallest absolute Gasteiger partial charge is 0.0951 e. The molecule has 1 fully saturated rings. The number of fused-ring (bicyclic) bond motifs is 1. The van der Waals surface area contributed by atoms with Crippen molar-refractivity contribution in [3.05, 3.63) is 30.5 Å². The number of benzene rings is 1. The molecule has 1 aromatic heterocycles. The first-order valence-corrected chi connectivity index (χ1v) is 7.47. The quantitative estimate of drug-likeness (QED) is 0.814. The summed E-state index contributed by atoms with van der Waals surface area (Å²) >= 11 is 2.04. The van der Waals surface area contributed by atoms with Crippen molar-refractivity contribution in [3.63, 3.8) is 0 Å². The van der Waals surface area contributed by atoms with Gasteiger partial charge >= 0.3 is 0 Å². The molecule has 4 heteroatoms. The number of aromatic nitrogens is 1. The second-order valence-corrected chi connectivity index (χ2v) is 5.86. The van der Waals surface area contributed by atoms with Crippen molar-refractivity contribution in [2.45, 2.75) is 18.9 Å². The Labute approximate surface area is 111 Å². The van der Waals surface area contributed by atoms with Gasteiger partial charge in [-0.1, -0.05) is 0 Å². The molecule has 0 spiro atoms. The maximum Gasteiger partial charge on any atom is 0.0951 e. The molecule has 0 saturated carbocycles. The SMILES string of the molecule is Nc1ccc(NC2CCSCC2)c2cccnc12. The molecular formula is C14H17N3S. The molecule has 1 aromatic carbocycles. The number of nitrogen functional groups attached to an aromatic ring is 1. The highest BCUT2D eigenvalue weighted by atomic mass is 32.2. The predicted molar refractivity (Wildman–Crippen MR) is 80.1 cm³/mol. The molecule has 3 N–H and O–H groups in total. The summed E-state index contributed by atoms with van der Waals surface area (Å²) in [6.45, 7) is 0. The van der Waals surface area contributed by atoms with Crippen molar-refractivity contribution in [2.24, 2.45) is 0 Å². The second-order valence-electron chi connectivity index (χ2n) is 4.63. The summed E-state index contributed by atoms with van der Waals surface area (Å²) in [5.74, 6) is 2.51. The standard InChI is InChI=1S/C14H17N3S/c15-12-3-4-13(11-2-1-7-16-14(11)12)17-10-5-8-18-9-6-10/h1-4,7,10,17H,5-6,8-9,15H2. The summed E-state index contributed by atoms with van der Waals surface area (Å²) < 4.78 is 0. The number of nitrogens with one attached hydrogen (secondary N) is 1. The lowest BCUT2D eigenvalue weighted by molar-refractivity contribution is 0.667. The monoisotopic (exact) mass is 259 g/mol. The van der Waals surface area contributed by atoms with Gasteiger partial charge in [0.2, 0.25) is 0 Å². The van der Waals surface area contributed by atoms with Gasteiger partial charge in [-0.15, -0.1) is 0 Å². The highest BCUT2D eigenvalue weighted by Crippen LogP contribution is 2.29. The average Bonchev–Trinajstić information content (AvgIpc) is 2.44. The summed E-state index contributed by atoms with van der Waals surface area (Å²) in [7, 11) is 0. The molecule has 94 valence electrons. The van der Waals surface area contributed by atoms with Crippen LogP contribution in [0.4, 0.5) is 11.4 Å². The fraction of sp³-hybridized carbons (Fsp3) is 0.357. The minimum atomic E-state index is 0.582. The Morgan fingerprint density at radius 1 is 1.22 bits per heavy atom. The van der Waals surface area contributed by atoms with Crippen molar-refractivity contribution in [3.8, 4) is 0 Å². The molecule has 0 aliphatic carbocycles. The Kier molecular flexibility index (Phi) is 3.28. The van der Waals surface area contributed by atoms with E-state index in [0.717, 1.165) is 22.3 Å². The lowest BCUT2D eigenvalue weighted by atomic mass is 10.1. The molecule has 0 radical (unpaired) electrons. The van der Waals surface area contributed by atoms with Crippen molar-refractivity contribution < 1.29 is 0 Å². The van der Waals surface area contributed by atoms with Gasteiger partial charge in [0.25, 0.3) is 0 Å². The summed E-state index contributed by atoms with van der Waals surface area (Å²) in [5.41, 5.74) is 8.76. The normalized spacial score (nSPS) is 16.9. The summed E-state index contributed by atoms with van der Waals surface area (Å²) in [5, 5.41) is 4.76. The van der Waals surface area contributed by atoms with Crippen LogP contribution in [0.1, 0.15) is 12.8 Å². The maximum absolute atomic E-state index is 5.96. The van der Waals surface area contributed by atoms with Gasteiger partial charge in [0.15, 0.2) is 0 Å². The van der Waals surface area contributed by atoms with Crippen molar-refractivity contribution in [2.75, 3.05) is 22.6 Å². The molecule has 0 unspecified atom stereocenters. The van der Waals surface area contributed by atoms with E-state index < -0.39 is 0 Å². The summed E-state index contributed by atoms with van der Waals surface area (Å²) in [6.07, 6.45) is 4.26. The van der Waals surface area contributed by atoms with Crippen molar-refractivity contribution in [1.29, 1.82) is 0 Å². The lowest BCUT2D eigenvalue weighted by Gasteiger charge is -2.24. The highest BCUT2D eigenvalue weighted by Gasteiger charge is 2.14. The molecule has 0 bridgehead atoms. The van der Waals surface area contributed by atoms with Crippen LogP contribution in [0.25, 0.3) is 10.9 Å². The maximum atomic E-state index is 5.96. The van der Waals surface area contributed by atoms with Crippen LogP contribution in [0.15, 0.2) is 30.5 Å². The Bertz CT molecular complexity index is 550. The van der Waals surface area contributed by atoms with Gasteiger partial charge in [-0.2, -0.15) is 11.8 Å². The highest BCUT2D eigenvalue weighted by molar-refractivity contribution is 7.99. The number of hydrogen-bond acceptors (Lipinski definition) is 4. The molecule has 1 saturated heterocycles. The third-order valence-corrected chi connectivity index (χ3v) is 4.43. The first kappa shape index (κ1) is 11.7. The number of pyridine rings is 1. The molecule has 0 atom stereocenters. The zero-order chi connectivity index (χ0) is 12.4. The third-order valence-electron chi connectivity index (χ3n) is 3.38. The van der Waals surface area contributed by atoms with Gasteiger partial charge in [0.05, 0.1) is 11.2 Å². The molecular weight excluding hydrogens is 242 g/mol. The number of nitrogens with two attached hydrogens (primary N) is 1. The van der Waals surface area contributed by atoms with Gasteiger partial charge in [-0.25, -0.2) is 0 Å². The van der Waals surface area contributed by atoms with E-state index in [2.05, 4.69) is 22.4 Å². The van der Waals surface area contributed by atoms with Crippen LogP contribution >= 0.6 is 11.8 Å². The Hall–Kier alpha value is -1.42. The van der Waals surface area contributed by atoms with E-state index in [9.17, 15) is 0 Å². The van der Waals surface area contributed by atoms with E-state index in [4.69, 9.17) is 5.73 Å². The topological polar surface area (TPSA) is 50.9 Å². The summed E-state index contributed by atoms with van der Waals surface area (Å²) in [4.78, 5) is 4.37. The molecule has 3 rings (SSSR count). The minimum Gasteiger partial charge on any atom is -0.397 e. The number of hydrogen-bond donors (Lipinski definition) is 2. The van der Waals surface area contributed by atoms with Crippen molar-refractivity contribution in [1.82, 2.24) is 4.98 Å². The molecule has 2 aromatic rings. The number of rotatable bonds is 2. The zero-order valence-corrected chi connectivity index (χ0v) is 11.0. The second kappa shape index (κ2) is 5.06. The molecule has 2 heterocycles. The van der Waals surface area contributed by atoms with Crippen LogP contribution in [0.2, 0.25) is 0 Å². The fourth-order valence-electron chi connectivity index (χ4n) is 2.38.